The van der Waals surface area contributed by atoms with Crippen LogP contribution in [0.3, 0.4) is 0 Å². The number of hydrogen-bond acceptors (Lipinski definition) is 4. The van der Waals surface area contributed by atoms with Crippen molar-refractivity contribution in [2.24, 2.45) is 0 Å². The zero-order valence-electron chi connectivity index (χ0n) is 19.4. The number of nitrogens with zero attached hydrogens (tertiary/aromatic N) is 3. The molecule has 0 unspecified atom stereocenters. The molecule has 2 amide bonds. The summed E-state index contributed by atoms with van der Waals surface area (Å²) < 4.78 is 20.9. The lowest BCUT2D eigenvalue weighted by molar-refractivity contribution is 0.154. The number of nitrogens with one attached hydrogen (secondary N) is 1. The van der Waals surface area contributed by atoms with Gasteiger partial charge in [-0.25, -0.2) is 9.18 Å². The molecule has 178 valence electrons. The molecular weight excluding hydrogens is 455 g/mol. The molecule has 4 rings (SSSR count). The van der Waals surface area contributed by atoms with Crippen LogP contribution in [0.25, 0.3) is 11.1 Å². The van der Waals surface area contributed by atoms with Crippen LogP contribution in [0.1, 0.15) is 16.8 Å². The van der Waals surface area contributed by atoms with Crippen molar-refractivity contribution in [2.45, 2.75) is 13.0 Å². The van der Waals surface area contributed by atoms with E-state index in [1.165, 1.54) is 7.11 Å². The predicted molar refractivity (Wildman–Crippen MR) is 132 cm³/mol. The topological polar surface area (TPSA) is 57.7 Å². The number of ether oxygens (including phenoxy) is 1. The summed E-state index contributed by atoms with van der Waals surface area (Å²) in [6, 6.07) is 14.3. The first kappa shape index (κ1) is 24.0. The van der Waals surface area contributed by atoms with Gasteiger partial charge in [0.1, 0.15) is 11.6 Å². The fourth-order valence-corrected chi connectivity index (χ4v) is 4.18. The summed E-state index contributed by atoms with van der Waals surface area (Å²) in [5.41, 5.74) is 3.21. The molecule has 0 atom stereocenters. The molecule has 1 aliphatic rings. The number of carbonyl (C=O) groups is 1. The molecule has 0 aliphatic carbocycles. The van der Waals surface area contributed by atoms with Crippen LogP contribution in [0.15, 0.2) is 54.7 Å². The number of pyridine rings is 1. The number of aromatic nitrogens is 1. The van der Waals surface area contributed by atoms with Crippen molar-refractivity contribution in [3.63, 3.8) is 0 Å². The average Bonchev–Trinajstić information content (AvgIpc) is 2.85. The highest BCUT2D eigenvalue weighted by molar-refractivity contribution is 6.30. The van der Waals surface area contributed by atoms with Gasteiger partial charge in [0, 0.05) is 43.8 Å². The number of halogens is 2. The van der Waals surface area contributed by atoms with E-state index in [2.05, 4.69) is 22.2 Å². The van der Waals surface area contributed by atoms with Crippen molar-refractivity contribution in [3.05, 3.63) is 82.4 Å². The second-order valence-electron chi connectivity index (χ2n) is 8.41. The van der Waals surface area contributed by atoms with Crippen molar-refractivity contribution in [2.75, 3.05) is 40.3 Å². The van der Waals surface area contributed by atoms with Gasteiger partial charge < -0.3 is 19.9 Å². The average molecular weight is 483 g/mol. The number of piperazine rings is 1. The van der Waals surface area contributed by atoms with Gasteiger partial charge in [-0.2, -0.15) is 0 Å². The van der Waals surface area contributed by atoms with Crippen LogP contribution >= 0.6 is 11.6 Å². The number of hydrogen-bond donors (Lipinski definition) is 1. The van der Waals surface area contributed by atoms with Gasteiger partial charge in [-0.05, 0) is 48.0 Å². The molecule has 0 saturated carbocycles. The molecule has 2 heterocycles. The van der Waals surface area contributed by atoms with Crippen LogP contribution in [0.2, 0.25) is 5.02 Å². The maximum absolute atomic E-state index is 15.5. The lowest BCUT2D eigenvalue weighted by atomic mass is 9.97. The molecule has 0 radical (unpaired) electrons. The fourth-order valence-electron chi connectivity index (χ4n) is 3.99. The van der Waals surface area contributed by atoms with Crippen molar-refractivity contribution in [1.29, 1.82) is 0 Å². The van der Waals surface area contributed by atoms with E-state index in [1.54, 1.807) is 36.5 Å². The minimum atomic E-state index is -0.342. The minimum absolute atomic E-state index is 0.0761. The third-order valence-corrected chi connectivity index (χ3v) is 6.24. The summed E-state index contributed by atoms with van der Waals surface area (Å²) in [5.74, 6) is 0.109. The Hall–Kier alpha value is -3.16. The van der Waals surface area contributed by atoms with E-state index in [9.17, 15) is 4.79 Å². The summed E-state index contributed by atoms with van der Waals surface area (Å²) in [7, 11) is 3.57. The van der Waals surface area contributed by atoms with Crippen LogP contribution in [0.5, 0.6) is 5.75 Å². The van der Waals surface area contributed by atoms with E-state index in [4.69, 9.17) is 16.3 Å². The van der Waals surface area contributed by atoms with E-state index in [-0.39, 0.29) is 11.8 Å². The molecule has 3 aromatic rings. The maximum Gasteiger partial charge on any atom is 0.317 e. The number of likely N-dealkylation sites (N-methyl/N-ethyl adjacent to an activating group) is 1. The van der Waals surface area contributed by atoms with Crippen molar-refractivity contribution in [1.82, 2.24) is 20.1 Å². The van der Waals surface area contributed by atoms with Crippen molar-refractivity contribution >= 4 is 17.6 Å². The molecule has 2 aromatic carbocycles. The SMILES string of the molecule is COc1ccc(Cc2ccc(CNC(=O)N3CCN(C)CC3)nc2)c(F)c1-c1cccc(Cl)c1. The maximum atomic E-state index is 15.5. The largest absolute Gasteiger partial charge is 0.496 e. The molecule has 1 N–H and O–H groups in total. The van der Waals surface area contributed by atoms with Gasteiger partial charge in [0.05, 0.1) is 24.9 Å². The third-order valence-electron chi connectivity index (χ3n) is 6.01. The molecule has 1 aliphatic heterocycles. The smallest absolute Gasteiger partial charge is 0.317 e. The van der Waals surface area contributed by atoms with Gasteiger partial charge in [0.2, 0.25) is 0 Å². The molecule has 8 heteroatoms. The zero-order chi connectivity index (χ0) is 24.1. The first-order valence-electron chi connectivity index (χ1n) is 11.2. The molecule has 34 heavy (non-hydrogen) atoms. The standard InChI is InChI=1S/C26H28ClFN4O2/c1-31-10-12-32(13-11-31)26(33)30-17-22-8-6-18(16-29-22)14-20-7-9-23(34-2)24(25(20)28)19-4-3-5-21(27)15-19/h3-9,15-16H,10-14,17H2,1-2H3,(H,30,33). The predicted octanol–water partition coefficient (Wildman–Crippen LogP) is 4.60. The molecule has 6 nitrogen and oxygen atoms in total. The first-order valence-corrected chi connectivity index (χ1v) is 11.6. The number of methoxy groups -OCH3 is 1. The number of benzene rings is 2. The highest BCUT2D eigenvalue weighted by atomic mass is 35.5. The van der Waals surface area contributed by atoms with Crippen LogP contribution < -0.4 is 10.1 Å². The Balaban J connectivity index is 1.43. The first-order chi connectivity index (χ1) is 16.4. The Morgan fingerprint density at radius 1 is 1.15 bits per heavy atom. The fraction of sp³-hybridized carbons (Fsp3) is 0.308. The van der Waals surface area contributed by atoms with Gasteiger partial charge >= 0.3 is 6.03 Å². The van der Waals surface area contributed by atoms with Crippen molar-refractivity contribution in [3.8, 4) is 16.9 Å². The molecular formula is C26H28ClFN4O2. The van der Waals surface area contributed by atoms with Crippen molar-refractivity contribution < 1.29 is 13.9 Å². The Bertz CT molecular complexity index is 1150. The summed E-state index contributed by atoms with van der Waals surface area (Å²) in [5, 5.41) is 3.46. The van der Waals surface area contributed by atoms with Gasteiger partial charge in [-0.1, -0.05) is 35.9 Å². The Kier molecular flexibility index (Phi) is 7.65. The number of rotatable bonds is 6. The molecule has 1 saturated heterocycles. The van der Waals surface area contributed by atoms with E-state index in [0.717, 1.165) is 37.4 Å². The Morgan fingerprint density at radius 2 is 1.94 bits per heavy atom. The lowest BCUT2D eigenvalue weighted by Crippen LogP contribution is -2.50. The molecule has 1 aromatic heterocycles. The number of urea groups is 1. The van der Waals surface area contributed by atoms with Gasteiger partial charge in [-0.3, -0.25) is 4.98 Å². The molecule has 0 spiro atoms. The summed E-state index contributed by atoms with van der Waals surface area (Å²) in [6.07, 6.45) is 2.10. The van der Waals surface area contributed by atoms with E-state index in [0.29, 0.717) is 40.4 Å². The van der Waals surface area contributed by atoms with Crippen LogP contribution in [0.4, 0.5) is 9.18 Å². The Morgan fingerprint density at radius 3 is 2.62 bits per heavy atom. The summed E-state index contributed by atoms with van der Waals surface area (Å²) in [6.45, 7) is 3.54. The normalized spacial score (nSPS) is 14.2. The quantitative estimate of drug-likeness (QED) is 0.558. The lowest BCUT2D eigenvalue weighted by Gasteiger charge is -2.32. The monoisotopic (exact) mass is 482 g/mol. The van der Waals surface area contributed by atoms with Crippen LogP contribution in [-0.4, -0.2) is 61.2 Å². The number of amides is 2. The minimum Gasteiger partial charge on any atom is -0.496 e. The van der Waals surface area contributed by atoms with E-state index < -0.39 is 0 Å². The Labute approximate surface area is 204 Å². The van der Waals surface area contributed by atoms with Crippen LogP contribution in [0, 0.1) is 5.82 Å². The second-order valence-corrected chi connectivity index (χ2v) is 8.85. The van der Waals surface area contributed by atoms with Gasteiger partial charge in [-0.15, -0.1) is 0 Å². The highest BCUT2D eigenvalue weighted by Crippen LogP contribution is 2.36. The molecule has 0 bridgehead atoms. The van der Waals surface area contributed by atoms with E-state index >= 15 is 4.39 Å². The number of carbonyl (C=O) groups excluding carboxylic acids is 1. The second kappa shape index (κ2) is 10.8. The molecule has 1 fully saturated rings. The highest BCUT2D eigenvalue weighted by Gasteiger charge is 2.19. The summed E-state index contributed by atoms with van der Waals surface area (Å²) >= 11 is 6.12. The zero-order valence-corrected chi connectivity index (χ0v) is 20.1. The third kappa shape index (κ3) is 5.66. The van der Waals surface area contributed by atoms with E-state index in [1.807, 2.05) is 23.1 Å². The van der Waals surface area contributed by atoms with Gasteiger partial charge in [0.15, 0.2) is 0 Å². The summed E-state index contributed by atoms with van der Waals surface area (Å²) in [4.78, 5) is 20.8. The van der Waals surface area contributed by atoms with Gasteiger partial charge in [0.25, 0.3) is 0 Å². The van der Waals surface area contributed by atoms with Crippen LogP contribution in [-0.2, 0) is 13.0 Å².